The Morgan fingerprint density at radius 2 is 0.778 bits per heavy atom. The summed E-state index contributed by atoms with van der Waals surface area (Å²) in [5, 5.41) is 54.6. The molecule has 0 aromatic rings. The van der Waals surface area contributed by atoms with Gasteiger partial charge in [0.1, 0.15) is 24.4 Å². The van der Waals surface area contributed by atoms with Gasteiger partial charge >= 0.3 is 0 Å². The Labute approximate surface area is 496 Å². The highest BCUT2D eigenvalue weighted by molar-refractivity contribution is 5.76. The summed E-state index contributed by atoms with van der Waals surface area (Å²) < 4.78 is 11.3. The number of carbonyl (C=O) groups is 1. The van der Waals surface area contributed by atoms with Gasteiger partial charge in [-0.15, -0.1) is 0 Å². The Hall–Kier alpha value is -3.67. The van der Waals surface area contributed by atoms with Crippen molar-refractivity contribution in [3.05, 3.63) is 134 Å². The maximum absolute atomic E-state index is 13.1. The van der Waals surface area contributed by atoms with Crippen molar-refractivity contribution in [2.24, 2.45) is 0 Å². The molecule has 0 aliphatic carbocycles. The van der Waals surface area contributed by atoms with Crippen LogP contribution in [0.2, 0.25) is 0 Å². The van der Waals surface area contributed by atoms with Gasteiger partial charge in [0.2, 0.25) is 5.91 Å². The topological polar surface area (TPSA) is 149 Å². The zero-order valence-electron chi connectivity index (χ0n) is 51.5. The first-order valence-electron chi connectivity index (χ1n) is 32.9. The molecule has 0 bridgehead atoms. The second kappa shape index (κ2) is 59.5. The first-order valence-corrected chi connectivity index (χ1v) is 32.9. The molecule has 9 heteroatoms. The molecule has 0 aromatic heterocycles. The van der Waals surface area contributed by atoms with E-state index in [0.717, 1.165) is 109 Å². The quantitative estimate of drug-likeness (QED) is 0.0261. The molecule has 9 nitrogen and oxygen atoms in total. The molecule has 0 spiro atoms. The number of nitrogens with one attached hydrogen (secondary N) is 1. The minimum Gasteiger partial charge on any atom is -0.394 e. The van der Waals surface area contributed by atoms with Crippen LogP contribution in [0.5, 0.6) is 0 Å². The zero-order valence-corrected chi connectivity index (χ0v) is 51.5. The number of aliphatic hydroxyl groups excluding tert-OH is 5. The molecule has 1 saturated heterocycles. The number of aliphatic hydroxyl groups is 5. The molecule has 7 atom stereocenters. The highest BCUT2D eigenvalue weighted by atomic mass is 16.7. The smallest absolute Gasteiger partial charge is 0.220 e. The molecular weight excluding hydrogens is 1010 g/mol. The minimum absolute atomic E-state index is 0.197. The maximum atomic E-state index is 13.1. The highest BCUT2D eigenvalue weighted by Gasteiger charge is 2.44. The van der Waals surface area contributed by atoms with Crippen LogP contribution in [-0.4, -0.2) is 87.5 Å². The van der Waals surface area contributed by atoms with Crippen LogP contribution in [0.15, 0.2) is 134 Å². The van der Waals surface area contributed by atoms with E-state index in [1.165, 1.54) is 128 Å². The van der Waals surface area contributed by atoms with Gasteiger partial charge in [0.25, 0.3) is 0 Å². The first kappa shape index (κ1) is 75.3. The van der Waals surface area contributed by atoms with E-state index in [1.54, 1.807) is 6.08 Å². The van der Waals surface area contributed by atoms with Gasteiger partial charge in [-0.25, -0.2) is 0 Å². The van der Waals surface area contributed by atoms with E-state index < -0.39 is 49.5 Å². The predicted octanol–water partition coefficient (Wildman–Crippen LogP) is 17.6. The molecule has 1 aliphatic heterocycles. The van der Waals surface area contributed by atoms with Gasteiger partial charge in [-0.1, -0.05) is 282 Å². The number of ether oxygens (including phenoxy) is 2. The van der Waals surface area contributed by atoms with Crippen molar-refractivity contribution in [3.8, 4) is 0 Å². The first-order chi connectivity index (χ1) is 39.8. The molecule has 1 aliphatic rings. The second-order valence-corrected chi connectivity index (χ2v) is 22.2. The van der Waals surface area contributed by atoms with Gasteiger partial charge in [0, 0.05) is 6.42 Å². The summed E-state index contributed by atoms with van der Waals surface area (Å²) in [6, 6.07) is -0.835. The third-order valence-corrected chi connectivity index (χ3v) is 14.7. The predicted molar refractivity (Wildman–Crippen MR) is 345 cm³/mol. The molecule has 1 amide bonds. The molecule has 81 heavy (non-hydrogen) atoms. The number of hydrogen-bond acceptors (Lipinski definition) is 8. The van der Waals surface area contributed by atoms with E-state index in [4.69, 9.17) is 9.47 Å². The molecule has 462 valence electrons. The Kier molecular flexibility index (Phi) is 55.3. The maximum Gasteiger partial charge on any atom is 0.220 e. The summed E-state index contributed by atoms with van der Waals surface area (Å²) in [6.07, 6.45) is 83.9. The number of amides is 1. The molecule has 1 fully saturated rings. The Balaban J connectivity index is 2.20. The average molecular weight is 1130 g/mol. The number of hydrogen-bond donors (Lipinski definition) is 6. The summed E-state index contributed by atoms with van der Waals surface area (Å²) in [4.78, 5) is 13.1. The highest BCUT2D eigenvalue weighted by Crippen LogP contribution is 2.23. The van der Waals surface area contributed by atoms with E-state index in [-0.39, 0.29) is 12.5 Å². The van der Waals surface area contributed by atoms with Crippen LogP contribution in [0, 0.1) is 0 Å². The molecule has 1 heterocycles. The lowest BCUT2D eigenvalue weighted by Crippen LogP contribution is -2.60. The average Bonchev–Trinajstić information content (AvgIpc) is 3.49. The lowest BCUT2D eigenvalue weighted by atomic mass is 9.99. The van der Waals surface area contributed by atoms with Gasteiger partial charge in [0.05, 0.1) is 25.4 Å². The number of unbranched alkanes of at least 4 members (excludes halogenated alkanes) is 25. The van der Waals surface area contributed by atoms with E-state index in [9.17, 15) is 30.3 Å². The standard InChI is InChI=1S/C72H121NO8/c1-3-5-7-9-11-13-15-17-19-21-23-25-26-27-28-29-30-31-32-33-34-35-36-37-38-39-40-42-44-46-48-50-52-54-56-58-60-62-68(76)73-65(64-80-72-71(79)70(78)69(77)67(63-74)81-72)66(75)61-59-57-55-53-51-49-47-45-43-41-24-22-20-18-16-14-12-10-8-6-4-2/h5,7,11,13,17,19,23,25,27-28,30-31,33-34,36-37,39-40,51,53,59,61,65-67,69-72,74-75,77-79H,3-4,6,8-10,12,14-16,18,20-22,24,26,29,32,35,38,41-50,52,54-58,60,62-64H2,1-2H3,(H,73,76)/b7-5-,13-11-,19-17-,25-23-,28-27-,31-30-,34-33-,37-36-,40-39-,53-51+,61-59+. The van der Waals surface area contributed by atoms with Crippen molar-refractivity contribution in [1.29, 1.82) is 0 Å². The van der Waals surface area contributed by atoms with E-state index in [2.05, 4.69) is 141 Å². The normalized spacial score (nSPS) is 19.3. The molecule has 0 radical (unpaired) electrons. The molecule has 1 rings (SSSR count). The van der Waals surface area contributed by atoms with Gasteiger partial charge in [-0.05, 0) is 103 Å². The zero-order chi connectivity index (χ0) is 58.6. The van der Waals surface area contributed by atoms with Crippen molar-refractivity contribution in [1.82, 2.24) is 5.32 Å². The van der Waals surface area contributed by atoms with Crippen LogP contribution < -0.4 is 5.32 Å². The monoisotopic (exact) mass is 1130 g/mol. The molecule has 7 unspecified atom stereocenters. The summed E-state index contributed by atoms with van der Waals surface area (Å²) in [5.41, 5.74) is 0. The largest absolute Gasteiger partial charge is 0.394 e. The van der Waals surface area contributed by atoms with Crippen LogP contribution in [-0.2, 0) is 14.3 Å². The summed E-state index contributed by atoms with van der Waals surface area (Å²) in [7, 11) is 0. The molecule has 6 N–H and O–H groups in total. The molecular formula is C72H121NO8. The van der Waals surface area contributed by atoms with Crippen LogP contribution in [0.1, 0.15) is 258 Å². The van der Waals surface area contributed by atoms with Gasteiger partial charge in [0.15, 0.2) is 6.29 Å². The fraction of sp³-hybridized carbons (Fsp3) is 0.681. The minimum atomic E-state index is -1.58. The van der Waals surface area contributed by atoms with Gasteiger partial charge in [-0.2, -0.15) is 0 Å². The number of rotatable bonds is 55. The van der Waals surface area contributed by atoms with E-state index in [0.29, 0.717) is 6.42 Å². The molecule has 0 saturated carbocycles. The van der Waals surface area contributed by atoms with Crippen molar-refractivity contribution >= 4 is 5.91 Å². The molecule has 0 aromatic carbocycles. The lowest BCUT2D eigenvalue weighted by Gasteiger charge is -2.40. The Bertz CT molecular complexity index is 1740. The Morgan fingerprint density at radius 3 is 1.19 bits per heavy atom. The Morgan fingerprint density at radius 1 is 0.432 bits per heavy atom. The van der Waals surface area contributed by atoms with Gasteiger partial charge < -0.3 is 40.3 Å². The summed E-state index contributed by atoms with van der Waals surface area (Å²) >= 11 is 0. The van der Waals surface area contributed by atoms with Crippen LogP contribution in [0.3, 0.4) is 0 Å². The summed E-state index contributed by atoms with van der Waals surface area (Å²) in [5.74, 6) is -0.197. The van der Waals surface area contributed by atoms with Crippen molar-refractivity contribution in [2.45, 2.75) is 301 Å². The van der Waals surface area contributed by atoms with E-state index in [1.807, 2.05) is 6.08 Å². The second-order valence-electron chi connectivity index (χ2n) is 22.2. The number of allylic oxidation sites excluding steroid dienone is 21. The van der Waals surface area contributed by atoms with E-state index >= 15 is 0 Å². The van der Waals surface area contributed by atoms with Crippen LogP contribution in [0.25, 0.3) is 0 Å². The lowest BCUT2D eigenvalue weighted by molar-refractivity contribution is -0.302. The van der Waals surface area contributed by atoms with Crippen molar-refractivity contribution in [2.75, 3.05) is 13.2 Å². The van der Waals surface area contributed by atoms with Crippen LogP contribution >= 0.6 is 0 Å². The third-order valence-electron chi connectivity index (χ3n) is 14.7. The SMILES string of the molecule is CC/C=C\C/C=C\C/C=C\C/C=C\C/C=C\C/C=C\C/C=C\C/C=C\C/C=C\CCCCCCCCCCCC(=O)NC(COC1OC(CO)C(O)C(O)C1O)C(O)/C=C/CC/C=C/CCCCCCCCCCCCCCCCC. The van der Waals surface area contributed by atoms with Crippen LogP contribution in [0.4, 0.5) is 0 Å². The van der Waals surface area contributed by atoms with Crippen molar-refractivity contribution < 1.29 is 39.8 Å². The summed E-state index contributed by atoms with van der Waals surface area (Å²) in [6.45, 7) is 3.65. The van der Waals surface area contributed by atoms with Gasteiger partial charge in [-0.3, -0.25) is 4.79 Å². The van der Waals surface area contributed by atoms with Crippen molar-refractivity contribution in [3.63, 3.8) is 0 Å². The fourth-order valence-electron chi connectivity index (χ4n) is 9.58. The third kappa shape index (κ3) is 48.4. The number of carbonyl (C=O) groups excluding carboxylic acids is 1. The fourth-order valence-corrected chi connectivity index (χ4v) is 9.58.